The van der Waals surface area contributed by atoms with Gasteiger partial charge in [-0.1, -0.05) is 48.9 Å². The van der Waals surface area contributed by atoms with Crippen molar-refractivity contribution in [3.8, 4) is 12.5 Å². The summed E-state index contributed by atoms with van der Waals surface area (Å²) in [6.07, 6.45) is 4.58. The van der Waals surface area contributed by atoms with Crippen molar-refractivity contribution >= 4 is 29.5 Å². The smallest absolute Gasteiger partial charge is 0.408 e. The lowest BCUT2D eigenvalue weighted by Crippen LogP contribution is -2.51. The van der Waals surface area contributed by atoms with Gasteiger partial charge in [0, 0.05) is 18.2 Å². The first kappa shape index (κ1) is 28.9. The molecule has 0 aromatic heterocycles. The summed E-state index contributed by atoms with van der Waals surface area (Å²) in [7, 11) is 0. The zero-order valence-electron chi connectivity index (χ0n) is 21.8. The highest BCUT2D eigenvalue weighted by Crippen LogP contribution is 2.27. The fraction of sp³-hybridized carbons (Fsp3) is 0.357. The second-order valence-corrected chi connectivity index (χ2v) is 9.60. The molecule has 0 bridgehead atoms. The van der Waals surface area contributed by atoms with Crippen LogP contribution in [0.25, 0.3) is 0 Å². The highest BCUT2D eigenvalue weighted by molar-refractivity contribution is 6.00. The molecular weight excluding hydrogens is 472 g/mol. The Morgan fingerprint density at radius 3 is 2.16 bits per heavy atom. The SMILES string of the molecule is C#CN(C(=O)C(CCC(N)=O)NC(=O)OC(C)(C)C)C(C(=O)Nc1ccccc1C)c1ccccc1C. The van der Waals surface area contributed by atoms with Crippen LogP contribution in [-0.2, 0) is 19.1 Å². The molecule has 2 aromatic carbocycles. The molecule has 0 heterocycles. The van der Waals surface area contributed by atoms with Gasteiger partial charge in [0.25, 0.3) is 11.8 Å². The number of terminal acetylenes is 1. The van der Waals surface area contributed by atoms with Gasteiger partial charge in [0.05, 0.1) is 0 Å². The predicted octanol–water partition coefficient (Wildman–Crippen LogP) is 3.56. The van der Waals surface area contributed by atoms with E-state index in [-0.39, 0.29) is 12.8 Å². The standard InChI is InChI=1S/C28H34N4O5/c1-7-32(26(35)22(16-17-23(29)33)31-27(36)37-28(4,5)6)24(20-14-10-8-12-18(20)2)25(34)30-21-15-11-9-13-19(21)3/h1,8-15,22,24H,16-17H2,2-6H3,(H2,29,33)(H,30,34)(H,31,36). The topological polar surface area (TPSA) is 131 Å². The number of benzene rings is 2. The minimum Gasteiger partial charge on any atom is -0.444 e. The maximum atomic E-state index is 13.7. The van der Waals surface area contributed by atoms with Crippen LogP contribution in [0.4, 0.5) is 10.5 Å². The second-order valence-electron chi connectivity index (χ2n) is 9.60. The fourth-order valence-electron chi connectivity index (χ4n) is 3.63. The summed E-state index contributed by atoms with van der Waals surface area (Å²) in [5.74, 6) is -1.97. The second kappa shape index (κ2) is 12.6. The Kier molecular flexibility index (Phi) is 9.83. The summed E-state index contributed by atoms with van der Waals surface area (Å²) >= 11 is 0. The van der Waals surface area contributed by atoms with Gasteiger partial charge in [-0.3, -0.25) is 19.3 Å². The van der Waals surface area contributed by atoms with E-state index in [1.165, 1.54) is 0 Å². The van der Waals surface area contributed by atoms with Gasteiger partial charge >= 0.3 is 6.09 Å². The Morgan fingerprint density at radius 1 is 1.03 bits per heavy atom. The van der Waals surface area contributed by atoms with Gasteiger partial charge < -0.3 is 21.1 Å². The van der Waals surface area contributed by atoms with Crippen LogP contribution in [0, 0.1) is 26.3 Å². The summed E-state index contributed by atoms with van der Waals surface area (Å²) in [5.41, 5.74) is 7.08. The Morgan fingerprint density at radius 2 is 1.62 bits per heavy atom. The predicted molar refractivity (Wildman–Crippen MR) is 141 cm³/mol. The molecule has 9 heteroatoms. The first-order valence-electron chi connectivity index (χ1n) is 11.8. The van der Waals surface area contributed by atoms with Gasteiger partial charge in [0.1, 0.15) is 17.7 Å². The number of nitrogens with zero attached hydrogens (tertiary/aromatic N) is 1. The van der Waals surface area contributed by atoms with Crippen molar-refractivity contribution in [2.24, 2.45) is 5.73 Å². The molecule has 0 aliphatic heterocycles. The number of nitrogens with one attached hydrogen (secondary N) is 2. The van der Waals surface area contributed by atoms with E-state index in [0.717, 1.165) is 16.0 Å². The number of alkyl carbamates (subject to hydrolysis) is 1. The van der Waals surface area contributed by atoms with Crippen molar-refractivity contribution in [1.82, 2.24) is 10.2 Å². The average molecular weight is 507 g/mol. The number of carbonyl (C=O) groups excluding carboxylic acids is 4. The summed E-state index contributed by atoms with van der Waals surface area (Å²) < 4.78 is 5.27. The highest BCUT2D eigenvalue weighted by Gasteiger charge is 2.36. The number of hydrogen-bond donors (Lipinski definition) is 3. The third-order valence-electron chi connectivity index (χ3n) is 5.44. The molecule has 2 rings (SSSR count). The monoisotopic (exact) mass is 506 g/mol. The van der Waals surface area contributed by atoms with Crippen molar-refractivity contribution in [2.45, 2.75) is 65.1 Å². The van der Waals surface area contributed by atoms with Crippen LogP contribution in [0.1, 0.15) is 56.3 Å². The van der Waals surface area contributed by atoms with E-state index in [9.17, 15) is 19.2 Å². The molecule has 0 aliphatic carbocycles. The maximum Gasteiger partial charge on any atom is 0.408 e. The molecule has 2 atom stereocenters. The molecule has 0 saturated carbocycles. The number of rotatable bonds is 9. The van der Waals surface area contributed by atoms with Crippen LogP contribution in [-0.4, -0.2) is 40.4 Å². The van der Waals surface area contributed by atoms with E-state index < -0.39 is 41.5 Å². The number of anilines is 1. The maximum absolute atomic E-state index is 13.7. The minimum atomic E-state index is -1.27. The lowest BCUT2D eigenvalue weighted by Gasteiger charge is -2.31. The van der Waals surface area contributed by atoms with Crippen molar-refractivity contribution in [3.05, 3.63) is 65.2 Å². The highest BCUT2D eigenvalue weighted by atomic mass is 16.6. The Balaban J connectivity index is 2.49. The van der Waals surface area contributed by atoms with Crippen LogP contribution < -0.4 is 16.4 Å². The quantitative estimate of drug-likeness (QED) is 0.354. The Bertz CT molecular complexity index is 1200. The van der Waals surface area contributed by atoms with Gasteiger partial charge in [-0.05, 0) is 63.8 Å². The fourth-order valence-corrected chi connectivity index (χ4v) is 3.63. The van der Waals surface area contributed by atoms with Crippen molar-refractivity contribution in [3.63, 3.8) is 0 Å². The third kappa shape index (κ3) is 8.39. The Labute approximate surface area is 217 Å². The van der Waals surface area contributed by atoms with Crippen LogP contribution in [0.3, 0.4) is 0 Å². The van der Waals surface area contributed by atoms with E-state index in [4.69, 9.17) is 16.9 Å². The minimum absolute atomic E-state index is 0.133. The summed E-state index contributed by atoms with van der Waals surface area (Å²) in [6.45, 7) is 8.65. The molecule has 9 nitrogen and oxygen atoms in total. The van der Waals surface area contributed by atoms with E-state index >= 15 is 0 Å². The lowest BCUT2D eigenvalue weighted by atomic mass is 9.98. The normalized spacial score (nSPS) is 12.4. The molecule has 0 aliphatic rings. The number of carbonyl (C=O) groups is 4. The molecule has 37 heavy (non-hydrogen) atoms. The van der Waals surface area contributed by atoms with Crippen LogP contribution in [0.5, 0.6) is 0 Å². The summed E-state index contributed by atoms with van der Waals surface area (Å²) in [4.78, 5) is 52.2. The van der Waals surface area contributed by atoms with Crippen molar-refractivity contribution < 1.29 is 23.9 Å². The average Bonchev–Trinajstić information content (AvgIpc) is 2.80. The number of para-hydroxylation sites is 1. The third-order valence-corrected chi connectivity index (χ3v) is 5.44. The van der Waals surface area contributed by atoms with Crippen LogP contribution in [0.2, 0.25) is 0 Å². The first-order valence-corrected chi connectivity index (χ1v) is 11.8. The number of hydrogen-bond acceptors (Lipinski definition) is 5. The van der Waals surface area contributed by atoms with E-state index in [2.05, 4.69) is 16.7 Å². The van der Waals surface area contributed by atoms with Gasteiger partial charge in [0.15, 0.2) is 0 Å². The molecule has 2 aromatic rings. The van der Waals surface area contributed by atoms with Gasteiger partial charge in [-0.25, -0.2) is 4.79 Å². The van der Waals surface area contributed by atoms with E-state index in [1.807, 2.05) is 19.1 Å². The molecular formula is C28H34N4O5. The number of nitrogens with two attached hydrogens (primary N) is 1. The van der Waals surface area contributed by atoms with Gasteiger partial charge in [-0.2, -0.15) is 0 Å². The molecule has 0 spiro atoms. The molecule has 0 saturated heterocycles. The zero-order chi connectivity index (χ0) is 27.8. The van der Waals surface area contributed by atoms with Crippen molar-refractivity contribution in [2.75, 3.05) is 5.32 Å². The number of primary amides is 1. The zero-order valence-corrected chi connectivity index (χ0v) is 21.8. The summed E-state index contributed by atoms with van der Waals surface area (Å²) in [5, 5.41) is 5.33. The lowest BCUT2D eigenvalue weighted by molar-refractivity contribution is -0.137. The van der Waals surface area contributed by atoms with E-state index in [0.29, 0.717) is 11.3 Å². The van der Waals surface area contributed by atoms with E-state index in [1.54, 1.807) is 64.1 Å². The molecule has 196 valence electrons. The number of aryl methyl sites for hydroxylation is 2. The molecule has 4 amide bonds. The summed E-state index contributed by atoms with van der Waals surface area (Å²) in [6, 6.07) is 14.1. The van der Waals surface area contributed by atoms with Gasteiger partial charge in [0.2, 0.25) is 5.91 Å². The number of amides is 4. The Hall–Kier alpha value is -4.32. The van der Waals surface area contributed by atoms with Gasteiger partial charge in [-0.15, -0.1) is 0 Å². The molecule has 0 fully saturated rings. The largest absolute Gasteiger partial charge is 0.444 e. The number of ether oxygens (including phenoxy) is 1. The molecule has 4 N–H and O–H groups in total. The van der Waals surface area contributed by atoms with Crippen molar-refractivity contribution in [1.29, 1.82) is 0 Å². The van der Waals surface area contributed by atoms with Crippen LogP contribution in [0.15, 0.2) is 48.5 Å². The first-order chi connectivity index (χ1) is 17.3. The molecule has 2 unspecified atom stereocenters. The van der Waals surface area contributed by atoms with Crippen LogP contribution >= 0.6 is 0 Å². The molecule has 0 radical (unpaired) electrons.